The van der Waals surface area contributed by atoms with Gasteiger partial charge in [-0.2, -0.15) is 0 Å². The van der Waals surface area contributed by atoms with Crippen LogP contribution in [0.15, 0.2) is 30.3 Å². The average Bonchev–Trinajstić information content (AvgIpc) is 3.11. The molecule has 4 nitrogen and oxygen atoms in total. The van der Waals surface area contributed by atoms with Crippen LogP contribution < -0.4 is 10.1 Å². The van der Waals surface area contributed by atoms with Crippen molar-refractivity contribution in [2.45, 2.75) is 24.8 Å². The van der Waals surface area contributed by atoms with Gasteiger partial charge >= 0.3 is 0 Å². The number of amides is 1. The molecule has 1 aromatic carbocycles. The lowest BCUT2D eigenvalue weighted by Crippen LogP contribution is -2.40. The molecule has 0 aromatic heterocycles. The van der Waals surface area contributed by atoms with Gasteiger partial charge in [0.15, 0.2) is 0 Å². The topological polar surface area (TPSA) is 58.6 Å². The second-order valence-corrected chi connectivity index (χ2v) is 4.40. The smallest absolute Gasteiger partial charge is 0.223 e. The van der Waals surface area contributed by atoms with Crippen molar-refractivity contribution >= 4 is 5.91 Å². The van der Waals surface area contributed by atoms with Crippen LogP contribution in [0.25, 0.3) is 0 Å². The zero-order valence-corrected chi connectivity index (χ0v) is 9.69. The molecule has 2 N–H and O–H groups in total. The standard InChI is InChI=1S/C13H17NO3/c15-10-13(7-8-13)14-12(16)6-9-17-11-4-2-1-3-5-11/h1-5,15H,6-10H2,(H,14,16). The predicted octanol–water partition coefficient (Wildman–Crippen LogP) is 1.10. The summed E-state index contributed by atoms with van der Waals surface area (Å²) in [6.45, 7) is 0.385. The highest BCUT2D eigenvalue weighted by Gasteiger charge is 2.43. The van der Waals surface area contributed by atoms with Crippen LogP contribution in [0, 0.1) is 0 Å². The molecule has 1 aliphatic carbocycles. The van der Waals surface area contributed by atoms with Crippen LogP contribution in [-0.2, 0) is 4.79 Å². The molecule has 0 aliphatic heterocycles. The maximum atomic E-state index is 11.5. The van der Waals surface area contributed by atoms with E-state index in [9.17, 15) is 4.79 Å². The molecule has 0 radical (unpaired) electrons. The van der Waals surface area contributed by atoms with Crippen LogP contribution in [0.3, 0.4) is 0 Å². The number of ether oxygens (including phenoxy) is 1. The van der Waals surface area contributed by atoms with E-state index in [1.165, 1.54) is 0 Å². The van der Waals surface area contributed by atoms with Crippen molar-refractivity contribution in [2.75, 3.05) is 13.2 Å². The molecular formula is C13H17NO3. The van der Waals surface area contributed by atoms with Crippen LogP contribution in [0.1, 0.15) is 19.3 Å². The summed E-state index contributed by atoms with van der Waals surface area (Å²) in [5.41, 5.74) is -0.330. The van der Waals surface area contributed by atoms with Crippen LogP contribution in [-0.4, -0.2) is 29.8 Å². The Morgan fingerprint density at radius 2 is 2.06 bits per heavy atom. The third-order valence-electron chi connectivity index (χ3n) is 2.90. The van der Waals surface area contributed by atoms with E-state index in [0.717, 1.165) is 18.6 Å². The second-order valence-electron chi connectivity index (χ2n) is 4.40. The third-order valence-corrected chi connectivity index (χ3v) is 2.90. The van der Waals surface area contributed by atoms with Crippen molar-refractivity contribution < 1.29 is 14.6 Å². The van der Waals surface area contributed by atoms with Gasteiger partial charge in [0.05, 0.1) is 25.2 Å². The van der Waals surface area contributed by atoms with Crippen molar-refractivity contribution in [1.29, 1.82) is 0 Å². The number of hydrogen-bond acceptors (Lipinski definition) is 3. The summed E-state index contributed by atoms with van der Waals surface area (Å²) in [7, 11) is 0. The molecule has 1 aliphatic rings. The van der Waals surface area contributed by atoms with E-state index in [4.69, 9.17) is 9.84 Å². The van der Waals surface area contributed by atoms with E-state index >= 15 is 0 Å². The monoisotopic (exact) mass is 235 g/mol. The number of aliphatic hydroxyl groups is 1. The summed E-state index contributed by atoms with van der Waals surface area (Å²) in [4.78, 5) is 11.5. The zero-order chi connectivity index (χ0) is 12.1. The largest absolute Gasteiger partial charge is 0.493 e. The number of carbonyl (C=O) groups excluding carboxylic acids is 1. The van der Waals surface area contributed by atoms with Gasteiger partial charge < -0.3 is 15.2 Å². The molecule has 4 heteroatoms. The lowest BCUT2D eigenvalue weighted by atomic mass is 10.3. The molecule has 1 saturated carbocycles. The fraction of sp³-hybridized carbons (Fsp3) is 0.462. The Hall–Kier alpha value is -1.55. The van der Waals surface area contributed by atoms with Crippen molar-refractivity contribution in [1.82, 2.24) is 5.32 Å². The first-order valence-corrected chi connectivity index (χ1v) is 5.84. The van der Waals surface area contributed by atoms with Crippen molar-refractivity contribution in [3.05, 3.63) is 30.3 Å². The Morgan fingerprint density at radius 1 is 1.35 bits per heavy atom. The summed E-state index contributed by atoms with van der Waals surface area (Å²) in [5.74, 6) is 0.705. The molecule has 17 heavy (non-hydrogen) atoms. The minimum Gasteiger partial charge on any atom is -0.493 e. The van der Waals surface area contributed by atoms with E-state index < -0.39 is 0 Å². The van der Waals surface area contributed by atoms with Crippen LogP contribution in [0.5, 0.6) is 5.75 Å². The fourth-order valence-corrected chi connectivity index (χ4v) is 1.61. The summed E-state index contributed by atoms with van der Waals surface area (Å²) in [6, 6.07) is 9.40. The molecule has 1 aromatic rings. The summed E-state index contributed by atoms with van der Waals surface area (Å²) < 4.78 is 5.42. The molecular weight excluding hydrogens is 218 g/mol. The van der Waals surface area contributed by atoms with E-state index in [-0.39, 0.29) is 18.1 Å². The Balaban J connectivity index is 1.67. The molecule has 1 fully saturated rings. The van der Waals surface area contributed by atoms with Gasteiger partial charge in [-0.3, -0.25) is 4.79 Å². The number of rotatable bonds is 6. The van der Waals surface area contributed by atoms with Crippen LogP contribution >= 0.6 is 0 Å². The summed E-state index contributed by atoms with van der Waals surface area (Å²) in [6.07, 6.45) is 2.06. The number of aliphatic hydroxyl groups excluding tert-OH is 1. The quantitative estimate of drug-likeness (QED) is 0.776. The summed E-state index contributed by atoms with van der Waals surface area (Å²) >= 11 is 0. The van der Waals surface area contributed by atoms with Gasteiger partial charge in [-0.05, 0) is 25.0 Å². The molecule has 0 spiro atoms. The summed E-state index contributed by atoms with van der Waals surface area (Å²) in [5, 5.41) is 11.9. The number of carbonyl (C=O) groups is 1. The van der Waals surface area contributed by atoms with E-state index in [0.29, 0.717) is 13.0 Å². The van der Waals surface area contributed by atoms with Gasteiger partial charge in [0.1, 0.15) is 5.75 Å². The SMILES string of the molecule is O=C(CCOc1ccccc1)NC1(CO)CC1. The molecule has 0 bridgehead atoms. The van der Waals surface area contributed by atoms with Gasteiger partial charge in [-0.1, -0.05) is 18.2 Å². The predicted molar refractivity (Wildman–Crippen MR) is 63.7 cm³/mol. The Labute approximate surface area is 101 Å². The van der Waals surface area contributed by atoms with Crippen molar-refractivity contribution in [3.63, 3.8) is 0 Å². The minimum atomic E-state index is -0.330. The number of hydrogen-bond donors (Lipinski definition) is 2. The van der Waals surface area contributed by atoms with Gasteiger partial charge in [0.25, 0.3) is 0 Å². The maximum absolute atomic E-state index is 11.5. The van der Waals surface area contributed by atoms with Gasteiger partial charge in [-0.15, -0.1) is 0 Å². The maximum Gasteiger partial charge on any atom is 0.223 e. The Kier molecular flexibility index (Phi) is 3.64. The second kappa shape index (κ2) is 5.19. The number of nitrogens with one attached hydrogen (secondary N) is 1. The fourth-order valence-electron chi connectivity index (χ4n) is 1.61. The Bertz CT molecular complexity index is 374. The minimum absolute atomic E-state index is 0.0261. The first-order chi connectivity index (χ1) is 8.24. The van der Waals surface area contributed by atoms with Gasteiger partial charge in [-0.25, -0.2) is 0 Å². The molecule has 92 valence electrons. The molecule has 1 amide bonds. The number of para-hydroxylation sites is 1. The zero-order valence-electron chi connectivity index (χ0n) is 9.69. The average molecular weight is 235 g/mol. The molecule has 0 heterocycles. The Morgan fingerprint density at radius 3 is 2.65 bits per heavy atom. The van der Waals surface area contributed by atoms with E-state index in [1.807, 2.05) is 30.3 Å². The third kappa shape index (κ3) is 3.46. The molecule has 0 saturated heterocycles. The lowest BCUT2D eigenvalue weighted by Gasteiger charge is -2.14. The first-order valence-electron chi connectivity index (χ1n) is 5.84. The molecule has 2 rings (SSSR count). The van der Waals surface area contributed by atoms with Crippen LogP contribution in [0.4, 0.5) is 0 Å². The van der Waals surface area contributed by atoms with E-state index in [1.54, 1.807) is 0 Å². The lowest BCUT2D eigenvalue weighted by molar-refractivity contribution is -0.122. The highest BCUT2D eigenvalue weighted by Crippen LogP contribution is 2.34. The molecule has 0 unspecified atom stereocenters. The first kappa shape index (κ1) is 11.9. The molecule has 0 atom stereocenters. The van der Waals surface area contributed by atoms with Gasteiger partial charge in [0, 0.05) is 0 Å². The normalized spacial score (nSPS) is 16.3. The highest BCUT2D eigenvalue weighted by molar-refractivity contribution is 5.77. The van der Waals surface area contributed by atoms with Crippen molar-refractivity contribution in [3.8, 4) is 5.75 Å². The van der Waals surface area contributed by atoms with E-state index in [2.05, 4.69) is 5.32 Å². The number of benzene rings is 1. The van der Waals surface area contributed by atoms with Crippen LogP contribution in [0.2, 0.25) is 0 Å². The highest BCUT2D eigenvalue weighted by atomic mass is 16.5. The van der Waals surface area contributed by atoms with Gasteiger partial charge in [0.2, 0.25) is 5.91 Å². The van der Waals surface area contributed by atoms with Crippen molar-refractivity contribution in [2.24, 2.45) is 0 Å².